The molecule has 4 rings (SSSR count). The Balaban J connectivity index is 1.21. The minimum atomic E-state index is 0.0589. The van der Waals surface area contributed by atoms with Crippen LogP contribution >= 0.6 is 11.3 Å². The summed E-state index contributed by atoms with van der Waals surface area (Å²) in [5, 5.41) is 2.71. The van der Waals surface area contributed by atoms with Crippen LogP contribution in [0.3, 0.4) is 0 Å². The van der Waals surface area contributed by atoms with Crippen LogP contribution in [0.15, 0.2) is 52.3 Å². The largest absolute Gasteiger partial charge is 0.459 e. The number of thiazole rings is 1. The number of rotatable bonds is 7. The summed E-state index contributed by atoms with van der Waals surface area (Å²) in [6.07, 6.45) is 2.60. The van der Waals surface area contributed by atoms with Crippen molar-refractivity contribution in [2.24, 2.45) is 0 Å². The molecule has 0 bridgehead atoms. The maximum absolute atomic E-state index is 12.7. The lowest BCUT2D eigenvalue weighted by Gasteiger charge is -2.34. The number of benzene rings is 1. The lowest BCUT2D eigenvalue weighted by atomic mass is 10.1. The van der Waals surface area contributed by atoms with Crippen molar-refractivity contribution in [3.63, 3.8) is 0 Å². The molecular weight excluding hydrogens is 410 g/mol. The lowest BCUT2D eigenvalue weighted by Crippen LogP contribution is -2.51. The third kappa shape index (κ3) is 5.61. The summed E-state index contributed by atoms with van der Waals surface area (Å²) in [4.78, 5) is 33.5. The number of hydrogen-bond acceptors (Lipinski definition) is 5. The summed E-state index contributed by atoms with van der Waals surface area (Å²) in [5.41, 5.74) is 2.02. The van der Waals surface area contributed by atoms with Crippen molar-refractivity contribution in [1.29, 1.82) is 0 Å². The molecule has 3 heterocycles. The molecule has 0 aliphatic carbocycles. The second-order valence-corrected chi connectivity index (χ2v) is 8.69. The van der Waals surface area contributed by atoms with Crippen LogP contribution in [0, 0.1) is 6.92 Å². The van der Waals surface area contributed by atoms with Crippen LogP contribution in [0.2, 0.25) is 0 Å². The number of hydrogen-bond donors (Lipinski definition) is 0. The van der Waals surface area contributed by atoms with E-state index in [0.29, 0.717) is 32.6 Å². The maximum atomic E-state index is 12.7. The fraction of sp³-hybridized carbons (Fsp3) is 0.375. The normalized spacial score (nSPS) is 14.1. The van der Waals surface area contributed by atoms with Gasteiger partial charge in [-0.1, -0.05) is 30.3 Å². The zero-order chi connectivity index (χ0) is 21.6. The van der Waals surface area contributed by atoms with Crippen molar-refractivity contribution >= 4 is 23.2 Å². The van der Waals surface area contributed by atoms with E-state index < -0.39 is 0 Å². The van der Waals surface area contributed by atoms with Gasteiger partial charge in [0.1, 0.15) is 5.76 Å². The molecule has 2 aromatic heterocycles. The van der Waals surface area contributed by atoms with Crippen LogP contribution in [0.1, 0.15) is 29.9 Å². The standard InChI is InChI=1S/C24H27N3O3S/c1-18-10-11-21(30-18)24-25-20(17-31-24)16-23(29)27-14-12-26(13-15-27)22(28)9-5-8-19-6-3-2-4-7-19/h2-4,6-7,10-11,17H,5,8-9,12-16H2,1H3. The van der Waals surface area contributed by atoms with Crippen LogP contribution in [0.5, 0.6) is 0 Å². The van der Waals surface area contributed by atoms with E-state index in [4.69, 9.17) is 4.42 Å². The Bertz CT molecular complexity index is 1020. The molecule has 0 atom stereocenters. The number of carbonyl (C=O) groups excluding carboxylic acids is 2. The summed E-state index contributed by atoms with van der Waals surface area (Å²) in [6, 6.07) is 14.0. The molecule has 31 heavy (non-hydrogen) atoms. The minimum absolute atomic E-state index is 0.0589. The van der Waals surface area contributed by atoms with E-state index in [9.17, 15) is 9.59 Å². The van der Waals surface area contributed by atoms with Crippen LogP contribution in [-0.4, -0.2) is 52.8 Å². The minimum Gasteiger partial charge on any atom is -0.459 e. The predicted molar refractivity (Wildman–Crippen MR) is 121 cm³/mol. The first-order valence-corrected chi connectivity index (χ1v) is 11.6. The molecule has 0 saturated carbocycles. The highest BCUT2D eigenvalue weighted by Crippen LogP contribution is 2.26. The molecule has 1 aromatic carbocycles. The highest BCUT2D eigenvalue weighted by atomic mass is 32.1. The van der Waals surface area contributed by atoms with Gasteiger partial charge >= 0.3 is 0 Å². The average molecular weight is 438 g/mol. The Hall–Kier alpha value is -2.93. The first-order valence-electron chi connectivity index (χ1n) is 10.7. The van der Waals surface area contributed by atoms with Gasteiger partial charge in [-0.05, 0) is 37.5 Å². The fourth-order valence-electron chi connectivity index (χ4n) is 3.77. The summed E-state index contributed by atoms with van der Waals surface area (Å²) in [5.74, 6) is 1.82. The van der Waals surface area contributed by atoms with E-state index >= 15 is 0 Å². The van der Waals surface area contributed by atoms with Crippen LogP contribution < -0.4 is 0 Å². The Morgan fingerprint density at radius 1 is 1.00 bits per heavy atom. The van der Waals surface area contributed by atoms with Gasteiger partial charge in [-0.25, -0.2) is 4.98 Å². The van der Waals surface area contributed by atoms with Gasteiger partial charge in [0.2, 0.25) is 11.8 Å². The van der Waals surface area contributed by atoms with E-state index in [1.807, 2.05) is 52.4 Å². The van der Waals surface area contributed by atoms with Crippen molar-refractivity contribution in [2.45, 2.75) is 32.6 Å². The van der Waals surface area contributed by atoms with Gasteiger partial charge in [-0.15, -0.1) is 11.3 Å². The Morgan fingerprint density at radius 2 is 1.71 bits per heavy atom. The monoisotopic (exact) mass is 437 g/mol. The molecular formula is C24H27N3O3S. The van der Waals surface area contributed by atoms with E-state index in [2.05, 4.69) is 17.1 Å². The van der Waals surface area contributed by atoms with Crippen LogP contribution in [-0.2, 0) is 22.4 Å². The topological polar surface area (TPSA) is 66.7 Å². The number of furan rings is 1. The van der Waals surface area contributed by atoms with E-state index in [1.165, 1.54) is 16.9 Å². The quantitative estimate of drug-likeness (QED) is 0.561. The number of aryl methyl sites for hydroxylation is 2. The Morgan fingerprint density at radius 3 is 2.39 bits per heavy atom. The number of piperazine rings is 1. The van der Waals surface area contributed by atoms with Crippen LogP contribution in [0.25, 0.3) is 10.8 Å². The molecule has 0 radical (unpaired) electrons. The van der Waals surface area contributed by atoms with Crippen molar-refractivity contribution in [1.82, 2.24) is 14.8 Å². The second kappa shape index (κ2) is 9.92. The summed E-state index contributed by atoms with van der Waals surface area (Å²) in [7, 11) is 0. The first-order chi connectivity index (χ1) is 15.1. The summed E-state index contributed by atoms with van der Waals surface area (Å²) in [6.45, 7) is 4.26. The molecule has 3 aromatic rings. The molecule has 0 spiro atoms. The lowest BCUT2D eigenvalue weighted by molar-refractivity contribution is -0.139. The molecule has 1 aliphatic rings. The van der Waals surface area contributed by atoms with Gasteiger partial charge in [0.15, 0.2) is 10.8 Å². The SMILES string of the molecule is Cc1ccc(-c2nc(CC(=O)N3CCN(C(=O)CCCc4ccccc4)CC3)cs2)o1. The molecule has 1 saturated heterocycles. The second-order valence-electron chi connectivity index (χ2n) is 7.83. The molecule has 7 heteroatoms. The maximum Gasteiger partial charge on any atom is 0.228 e. The fourth-order valence-corrected chi connectivity index (χ4v) is 4.55. The zero-order valence-corrected chi connectivity index (χ0v) is 18.6. The van der Waals surface area contributed by atoms with Crippen LogP contribution in [0.4, 0.5) is 0 Å². The Labute approximate surface area is 186 Å². The van der Waals surface area contributed by atoms with Crippen molar-refractivity contribution in [3.8, 4) is 10.8 Å². The number of nitrogens with zero attached hydrogens (tertiary/aromatic N) is 3. The highest BCUT2D eigenvalue weighted by molar-refractivity contribution is 7.13. The molecule has 6 nitrogen and oxygen atoms in total. The van der Waals surface area contributed by atoms with Gasteiger partial charge < -0.3 is 14.2 Å². The van der Waals surface area contributed by atoms with Gasteiger partial charge in [0, 0.05) is 38.0 Å². The molecule has 1 fully saturated rings. The molecule has 162 valence electrons. The van der Waals surface area contributed by atoms with Gasteiger partial charge in [0.25, 0.3) is 0 Å². The molecule has 0 unspecified atom stereocenters. The van der Waals surface area contributed by atoms with Crippen molar-refractivity contribution in [3.05, 3.63) is 64.9 Å². The van der Waals surface area contributed by atoms with E-state index in [0.717, 1.165) is 35.1 Å². The number of aromatic nitrogens is 1. The number of amides is 2. The summed E-state index contributed by atoms with van der Waals surface area (Å²) >= 11 is 1.49. The molecule has 2 amide bonds. The third-order valence-corrected chi connectivity index (χ3v) is 6.42. The Kier molecular flexibility index (Phi) is 6.82. The van der Waals surface area contributed by atoms with Crippen molar-refractivity contribution < 1.29 is 14.0 Å². The van der Waals surface area contributed by atoms with Gasteiger partial charge in [0.05, 0.1) is 12.1 Å². The average Bonchev–Trinajstić information content (AvgIpc) is 3.43. The van der Waals surface area contributed by atoms with E-state index in [-0.39, 0.29) is 18.2 Å². The predicted octanol–water partition coefficient (Wildman–Crippen LogP) is 3.95. The van der Waals surface area contributed by atoms with E-state index in [1.54, 1.807) is 0 Å². The summed E-state index contributed by atoms with van der Waals surface area (Å²) < 4.78 is 5.61. The highest BCUT2D eigenvalue weighted by Gasteiger charge is 2.24. The third-order valence-electron chi connectivity index (χ3n) is 5.52. The molecule has 0 N–H and O–H groups in total. The van der Waals surface area contributed by atoms with Crippen molar-refractivity contribution in [2.75, 3.05) is 26.2 Å². The van der Waals surface area contributed by atoms with Gasteiger partial charge in [-0.3, -0.25) is 9.59 Å². The zero-order valence-electron chi connectivity index (χ0n) is 17.8. The van der Waals surface area contributed by atoms with Gasteiger partial charge in [-0.2, -0.15) is 0 Å². The molecule has 1 aliphatic heterocycles. The smallest absolute Gasteiger partial charge is 0.228 e. The number of carbonyl (C=O) groups is 2. The first kappa shape index (κ1) is 21.3.